The number of thiazole rings is 1. The van der Waals surface area contributed by atoms with Crippen LogP contribution in [-0.4, -0.2) is 23.8 Å². The predicted octanol–water partition coefficient (Wildman–Crippen LogP) is 3.21. The lowest BCUT2D eigenvalue weighted by atomic mass is 10.3. The van der Waals surface area contributed by atoms with Crippen LogP contribution < -0.4 is 0 Å². The predicted molar refractivity (Wildman–Crippen MR) is 67.4 cm³/mol. The molecule has 0 atom stereocenters. The molecular formula is C10H8ClNO2S2. The van der Waals surface area contributed by atoms with Gasteiger partial charge in [-0.2, -0.15) is 0 Å². The monoisotopic (exact) mass is 273 g/mol. The highest BCUT2D eigenvalue weighted by Crippen LogP contribution is 2.30. The largest absolute Gasteiger partial charge is 0.468 e. The first-order valence-corrected chi connectivity index (χ1v) is 6.63. The number of aromatic nitrogens is 1. The molecule has 0 amide bonds. The number of thioether (sulfide) groups is 1. The first kappa shape index (κ1) is 11.7. The fourth-order valence-corrected chi connectivity index (χ4v) is 3.17. The van der Waals surface area contributed by atoms with Gasteiger partial charge in [-0.25, -0.2) is 4.98 Å². The molecule has 0 saturated carbocycles. The highest BCUT2D eigenvalue weighted by Gasteiger charge is 2.07. The number of carbonyl (C=O) groups excluding carboxylic acids is 1. The number of hydrogen-bond acceptors (Lipinski definition) is 5. The van der Waals surface area contributed by atoms with Gasteiger partial charge in [0, 0.05) is 5.02 Å². The van der Waals surface area contributed by atoms with Gasteiger partial charge < -0.3 is 4.74 Å². The van der Waals surface area contributed by atoms with Crippen LogP contribution in [0.25, 0.3) is 10.2 Å². The molecule has 0 radical (unpaired) electrons. The average molecular weight is 274 g/mol. The van der Waals surface area contributed by atoms with Gasteiger partial charge in [0.15, 0.2) is 4.34 Å². The number of rotatable bonds is 3. The van der Waals surface area contributed by atoms with Crippen LogP contribution in [0.1, 0.15) is 0 Å². The van der Waals surface area contributed by atoms with E-state index < -0.39 is 0 Å². The zero-order valence-corrected chi connectivity index (χ0v) is 10.8. The molecule has 0 bridgehead atoms. The topological polar surface area (TPSA) is 39.2 Å². The lowest BCUT2D eigenvalue weighted by Gasteiger charge is -1.94. The number of hydrogen-bond donors (Lipinski definition) is 0. The quantitative estimate of drug-likeness (QED) is 0.636. The van der Waals surface area contributed by atoms with Crippen LogP contribution in [0.2, 0.25) is 5.02 Å². The van der Waals surface area contributed by atoms with Crippen LogP contribution >= 0.6 is 34.7 Å². The Balaban J connectivity index is 2.16. The molecule has 6 heteroatoms. The normalized spacial score (nSPS) is 10.6. The first-order chi connectivity index (χ1) is 7.69. The molecule has 2 aromatic rings. The minimum absolute atomic E-state index is 0.248. The summed E-state index contributed by atoms with van der Waals surface area (Å²) in [5, 5.41) is 0.669. The summed E-state index contributed by atoms with van der Waals surface area (Å²) in [7, 11) is 1.38. The second kappa shape index (κ2) is 5.03. The Kier molecular flexibility index (Phi) is 3.68. The Hall–Kier alpha value is -0.780. The second-order valence-corrected chi connectivity index (χ2v) is 5.65. The molecular weight excluding hydrogens is 266 g/mol. The summed E-state index contributed by atoms with van der Waals surface area (Å²) < 4.78 is 6.48. The summed E-state index contributed by atoms with van der Waals surface area (Å²) in [5.41, 5.74) is 0.866. The Labute approximate surface area is 106 Å². The van der Waals surface area contributed by atoms with Crippen molar-refractivity contribution < 1.29 is 9.53 Å². The Morgan fingerprint density at radius 3 is 3.19 bits per heavy atom. The number of ether oxygens (including phenoxy) is 1. The molecule has 1 aromatic heterocycles. The summed E-state index contributed by atoms with van der Waals surface area (Å²) >= 11 is 8.78. The minimum Gasteiger partial charge on any atom is -0.468 e. The number of halogens is 1. The molecule has 0 N–H and O–H groups in total. The Morgan fingerprint density at radius 1 is 1.62 bits per heavy atom. The van der Waals surface area contributed by atoms with Crippen LogP contribution in [0, 0.1) is 0 Å². The van der Waals surface area contributed by atoms with Gasteiger partial charge in [0.25, 0.3) is 0 Å². The number of nitrogens with zero attached hydrogens (tertiary/aromatic N) is 1. The van der Waals surface area contributed by atoms with Crippen LogP contribution in [0.4, 0.5) is 0 Å². The summed E-state index contributed by atoms with van der Waals surface area (Å²) in [4.78, 5) is 15.3. The highest BCUT2D eigenvalue weighted by atomic mass is 35.5. The molecule has 84 valence electrons. The number of fused-ring (bicyclic) bond motifs is 1. The number of carbonyl (C=O) groups is 1. The standard InChI is InChI=1S/C10H8ClNO2S2/c1-14-9(13)5-15-10-12-7-4-6(11)2-3-8(7)16-10/h2-4H,5H2,1H3. The van der Waals surface area contributed by atoms with Crippen molar-refractivity contribution in [2.75, 3.05) is 12.9 Å². The van der Waals surface area contributed by atoms with Gasteiger partial charge in [-0.15, -0.1) is 11.3 Å². The molecule has 1 aromatic carbocycles. The molecule has 1 heterocycles. The zero-order chi connectivity index (χ0) is 11.5. The fraction of sp³-hybridized carbons (Fsp3) is 0.200. The molecule has 0 unspecified atom stereocenters. The van der Waals surface area contributed by atoms with Crippen molar-refractivity contribution in [1.82, 2.24) is 4.98 Å². The smallest absolute Gasteiger partial charge is 0.316 e. The van der Waals surface area contributed by atoms with E-state index in [9.17, 15) is 4.79 Å². The molecule has 0 spiro atoms. The van der Waals surface area contributed by atoms with E-state index in [0.717, 1.165) is 14.6 Å². The molecule has 0 saturated heterocycles. The Bertz CT molecular complexity index is 527. The van der Waals surface area contributed by atoms with E-state index in [4.69, 9.17) is 11.6 Å². The van der Waals surface area contributed by atoms with E-state index in [1.807, 2.05) is 18.2 Å². The van der Waals surface area contributed by atoms with Gasteiger partial charge in [0.1, 0.15) is 0 Å². The van der Waals surface area contributed by atoms with Crippen LogP contribution in [-0.2, 0) is 9.53 Å². The maximum Gasteiger partial charge on any atom is 0.316 e. The number of methoxy groups -OCH3 is 1. The second-order valence-electron chi connectivity index (χ2n) is 2.96. The summed E-state index contributed by atoms with van der Waals surface area (Å²) in [6.07, 6.45) is 0. The summed E-state index contributed by atoms with van der Waals surface area (Å²) in [6.45, 7) is 0. The van der Waals surface area contributed by atoms with Gasteiger partial charge in [0.05, 0.1) is 23.1 Å². The lowest BCUT2D eigenvalue weighted by molar-refractivity contribution is -0.137. The average Bonchev–Trinajstić information content (AvgIpc) is 2.67. The van der Waals surface area contributed by atoms with Gasteiger partial charge in [-0.1, -0.05) is 23.4 Å². The first-order valence-electron chi connectivity index (χ1n) is 4.45. The molecule has 0 aliphatic carbocycles. The van der Waals surface area contributed by atoms with E-state index in [1.165, 1.54) is 18.9 Å². The number of esters is 1. The van der Waals surface area contributed by atoms with Gasteiger partial charge in [-0.05, 0) is 18.2 Å². The van der Waals surface area contributed by atoms with E-state index in [-0.39, 0.29) is 11.7 Å². The van der Waals surface area contributed by atoms with Crippen molar-refractivity contribution in [3.8, 4) is 0 Å². The van der Waals surface area contributed by atoms with Crippen LogP contribution in [0.5, 0.6) is 0 Å². The van der Waals surface area contributed by atoms with E-state index in [1.54, 1.807) is 11.3 Å². The third-order valence-corrected chi connectivity index (χ3v) is 4.26. The van der Waals surface area contributed by atoms with Crippen molar-refractivity contribution in [2.45, 2.75) is 4.34 Å². The Morgan fingerprint density at radius 2 is 2.44 bits per heavy atom. The molecule has 3 nitrogen and oxygen atoms in total. The van der Waals surface area contributed by atoms with Crippen molar-refractivity contribution in [2.24, 2.45) is 0 Å². The molecule has 0 aliphatic heterocycles. The van der Waals surface area contributed by atoms with Crippen LogP contribution in [0.3, 0.4) is 0 Å². The van der Waals surface area contributed by atoms with E-state index >= 15 is 0 Å². The molecule has 0 aliphatic rings. The number of benzene rings is 1. The van der Waals surface area contributed by atoms with Crippen molar-refractivity contribution in [1.29, 1.82) is 0 Å². The van der Waals surface area contributed by atoms with E-state index in [2.05, 4.69) is 9.72 Å². The third-order valence-electron chi connectivity index (χ3n) is 1.87. The maximum atomic E-state index is 11.0. The van der Waals surface area contributed by atoms with Gasteiger partial charge in [-0.3, -0.25) is 4.79 Å². The summed E-state index contributed by atoms with van der Waals surface area (Å²) in [6, 6.07) is 5.57. The van der Waals surface area contributed by atoms with Crippen molar-refractivity contribution in [3.63, 3.8) is 0 Å². The van der Waals surface area contributed by atoms with Gasteiger partial charge >= 0.3 is 5.97 Å². The lowest BCUT2D eigenvalue weighted by Crippen LogP contribution is -2.02. The summed E-state index contributed by atoms with van der Waals surface area (Å²) in [5.74, 6) is 0.0339. The SMILES string of the molecule is COC(=O)CSc1nc2cc(Cl)ccc2s1. The highest BCUT2D eigenvalue weighted by molar-refractivity contribution is 8.01. The minimum atomic E-state index is -0.248. The fourth-order valence-electron chi connectivity index (χ4n) is 1.12. The van der Waals surface area contributed by atoms with Crippen molar-refractivity contribution in [3.05, 3.63) is 23.2 Å². The molecule has 2 rings (SSSR count). The zero-order valence-electron chi connectivity index (χ0n) is 8.40. The maximum absolute atomic E-state index is 11.0. The van der Waals surface area contributed by atoms with E-state index in [0.29, 0.717) is 5.02 Å². The van der Waals surface area contributed by atoms with Crippen molar-refractivity contribution >= 4 is 50.9 Å². The molecule has 16 heavy (non-hydrogen) atoms. The molecule has 0 fully saturated rings. The third kappa shape index (κ3) is 2.66. The van der Waals surface area contributed by atoms with Gasteiger partial charge in [0.2, 0.25) is 0 Å². The van der Waals surface area contributed by atoms with Crippen LogP contribution in [0.15, 0.2) is 22.5 Å².